The van der Waals surface area contributed by atoms with Crippen LogP contribution in [-0.4, -0.2) is 9.55 Å². The smallest absolute Gasteiger partial charge is 0.314 e. The molecule has 0 unspecified atom stereocenters. The van der Waals surface area contributed by atoms with Gasteiger partial charge in [-0.2, -0.15) is 0 Å². The van der Waals surface area contributed by atoms with Crippen LogP contribution in [0.15, 0.2) is 15.8 Å². The summed E-state index contributed by atoms with van der Waals surface area (Å²) < 4.78 is 1.08. The van der Waals surface area contributed by atoms with Gasteiger partial charge in [0.05, 0.1) is 0 Å². The van der Waals surface area contributed by atoms with Gasteiger partial charge in [-0.1, -0.05) is 20.8 Å². The highest BCUT2D eigenvalue weighted by Gasteiger charge is 2.18. The first-order valence-electron chi connectivity index (χ1n) is 4.13. The Bertz CT molecular complexity index is 420. The summed E-state index contributed by atoms with van der Waals surface area (Å²) in [4.78, 5) is 25.1. The Kier molecular flexibility index (Phi) is 2.15. The number of hydrogen-bond donors (Lipinski definition) is 1. The van der Waals surface area contributed by atoms with E-state index in [2.05, 4.69) is 4.98 Å². The van der Waals surface area contributed by atoms with Gasteiger partial charge in [-0.05, 0) is 5.41 Å². The van der Waals surface area contributed by atoms with Gasteiger partial charge in [0.15, 0.2) is 0 Å². The molecule has 0 radical (unpaired) electrons. The Morgan fingerprint density at radius 1 is 1.31 bits per heavy atom. The molecule has 1 N–H and O–H groups in total. The van der Waals surface area contributed by atoms with Crippen molar-refractivity contribution in [2.75, 3.05) is 0 Å². The highest BCUT2D eigenvalue weighted by molar-refractivity contribution is 5.14. The summed E-state index contributed by atoms with van der Waals surface area (Å²) in [5.74, 6) is 0. The number of H-pyrrole nitrogens is 1. The van der Waals surface area contributed by atoms with Crippen LogP contribution in [0.2, 0.25) is 0 Å². The molecule has 0 fully saturated rings. The lowest BCUT2D eigenvalue weighted by Gasteiger charge is -2.17. The second-order valence-electron chi connectivity index (χ2n) is 4.12. The summed E-state index contributed by atoms with van der Waals surface area (Å²) >= 11 is 0. The summed E-state index contributed by atoms with van der Waals surface area (Å²) in [6.07, 6.45) is 1.49. The molecule has 0 saturated carbocycles. The second kappa shape index (κ2) is 2.87. The number of aromatic amines is 1. The number of aromatic nitrogens is 2. The first-order chi connectivity index (χ1) is 5.84. The molecule has 0 bridgehead atoms. The molecule has 0 amide bonds. The normalized spacial score (nSPS) is 11.7. The zero-order chi connectivity index (χ0) is 10.2. The molecule has 1 aromatic rings. The van der Waals surface area contributed by atoms with Crippen LogP contribution in [0, 0.1) is 0 Å². The van der Waals surface area contributed by atoms with E-state index in [-0.39, 0.29) is 16.7 Å². The first-order valence-corrected chi connectivity index (χ1v) is 4.13. The SMILES string of the molecule is Cn1c(=O)[nH]cc(C(C)(C)C)c1=O. The van der Waals surface area contributed by atoms with Crippen LogP contribution in [-0.2, 0) is 12.5 Å². The summed E-state index contributed by atoms with van der Waals surface area (Å²) in [6.45, 7) is 5.80. The van der Waals surface area contributed by atoms with Crippen molar-refractivity contribution >= 4 is 0 Å². The molecule has 0 aliphatic rings. The Morgan fingerprint density at radius 2 is 1.85 bits per heavy atom. The number of nitrogens with zero attached hydrogens (tertiary/aromatic N) is 1. The lowest BCUT2D eigenvalue weighted by molar-refractivity contribution is 0.563. The summed E-state index contributed by atoms with van der Waals surface area (Å²) in [7, 11) is 1.47. The van der Waals surface area contributed by atoms with Gasteiger partial charge in [-0.3, -0.25) is 9.36 Å². The monoisotopic (exact) mass is 182 g/mol. The topological polar surface area (TPSA) is 54.9 Å². The maximum absolute atomic E-state index is 11.6. The van der Waals surface area contributed by atoms with E-state index in [1.54, 1.807) is 0 Å². The van der Waals surface area contributed by atoms with Crippen LogP contribution in [0.3, 0.4) is 0 Å². The fourth-order valence-corrected chi connectivity index (χ4v) is 1.10. The quantitative estimate of drug-likeness (QED) is 0.630. The third-order valence-electron chi connectivity index (χ3n) is 1.99. The van der Waals surface area contributed by atoms with Gasteiger partial charge in [0, 0.05) is 18.8 Å². The summed E-state index contributed by atoms with van der Waals surface area (Å²) in [6, 6.07) is 0. The zero-order valence-electron chi connectivity index (χ0n) is 8.34. The number of hydrogen-bond acceptors (Lipinski definition) is 2. The largest absolute Gasteiger partial charge is 0.328 e. The molecule has 0 aliphatic carbocycles. The molecule has 1 heterocycles. The number of nitrogens with one attached hydrogen (secondary N) is 1. The standard InChI is InChI=1S/C9H14N2O2/c1-9(2,3)6-5-10-8(13)11(4)7(6)12/h5H,1-4H3,(H,10,13). The lowest BCUT2D eigenvalue weighted by atomic mass is 9.89. The van der Waals surface area contributed by atoms with Crippen LogP contribution in [0.4, 0.5) is 0 Å². The van der Waals surface area contributed by atoms with Crippen LogP contribution in [0.5, 0.6) is 0 Å². The Labute approximate surface area is 76.2 Å². The number of rotatable bonds is 0. The van der Waals surface area contributed by atoms with E-state index in [0.717, 1.165) is 4.57 Å². The molecule has 0 atom stereocenters. The first kappa shape index (κ1) is 9.77. The molecule has 0 saturated heterocycles. The van der Waals surface area contributed by atoms with E-state index in [9.17, 15) is 9.59 Å². The zero-order valence-corrected chi connectivity index (χ0v) is 8.34. The van der Waals surface area contributed by atoms with Crippen molar-refractivity contribution < 1.29 is 0 Å². The third-order valence-corrected chi connectivity index (χ3v) is 1.99. The minimum atomic E-state index is -0.377. The molecule has 1 aromatic heterocycles. The van der Waals surface area contributed by atoms with Gasteiger partial charge in [-0.25, -0.2) is 4.79 Å². The summed E-state index contributed by atoms with van der Waals surface area (Å²) in [5.41, 5.74) is -0.220. The highest BCUT2D eigenvalue weighted by atomic mass is 16.2. The molecule has 4 heteroatoms. The van der Waals surface area contributed by atoms with E-state index >= 15 is 0 Å². The summed E-state index contributed by atoms with van der Waals surface area (Å²) in [5, 5.41) is 0. The van der Waals surface area contributed by atoms with Gasteiger partial charge in [0.25, 0.3) is 5.56 Å². The van der Waals surface area contributed by atoms with Crippen LogP contribution < -0.4 is 11.2 Å². The Morgan fingerprint density at radius 3 is 2.31 bits per heavy atom. The van der Waals surface area contributed by atoms with Gasteiger partial charge >= 0.3 is 5.69 Å². The molecule has 0 spiro atoms. The molecular weight excluding hydrogens is 168 g/mol. The minimum Gasteiger partial charge on any atom is -0.314 e. The Hall–Kier alpha value is -1.32. The maximum atomic E-state index is 11.6. The molecule has 72 valence electrons. The van der Waals surface area contributed by atoms with Crippen molar-refractivity contribution in [3.8, 4) is 0 Å². The van der Waals surface area contributed by atoms with Crippen molar-refractivity contribution in [3.05, 3.63) is 32.6 Å². The van der Waals surface area contributed by atoms with Gasteiger partial charge < -0.3 is 4.98 Å². The third kappa shape index (κ3) is 1.71. The highest BCUT2D eigenvalue weighted by Crippen LogP contribution is 2.16. The molecule has 13 heavy (non-hydrogen) atoms. The average molecular weight is 182 g/mol. The van der Waals surface area contributed by atoms with Crippen molar-refractivity contribution in [3.63, 3.8) is 0 Å². The van der Waals surface area contributed by atoms with Crippen LogP contribution in [0.25, 0.3) is 0 Å². The van der Waals surface area contributed by atoms with E-state index in [0.29, 0.717) is 5.56 Å². The minimum absolute atomic E-state index is 0.226. The lowest BCUT2D eigenvalue weighted by Crippen LogP contribution is -2.37. The van der Waals surface area contributed by atoms with Crippen LogP contribution in [0.1, 0.15) is 26.3 Å². The molecule has 0 aromatic carbocycles. The van der Waals surface area contributed by atoms with Crippen LogP contribution >= 0.6 is 0 Å². The predicted molar refractivity (Wildman–Crippen MR) is 51.0 cm³/mol. The average Bonchev–Trinajstić information content (AvgIpc) is 1.98. The fourth-order valence-electron chi connectivity index (χ4n) is 1.10. The van der Waals surface area contributed by atoms with Crippen molar-refractivity contribution in [1.82, 2.24) is 9.55 Å². The van der Waals surface area contributed by atoms with Gasteiger partial charge in [-0.15, -0.1) is 0 Å². The molecule has 1 rings (SSSR count). The molecule has 0 aliphatic heterocycles. The Balaban J connectivity index is 3.54. The second-order valence-corrected chi connectivity index (χ2v) is 4.12. The van der Waals surface area contributed by atoms with Crippen molar-refractivity contribution in [2.45, 2.75) is 26.2 Å². The van der Waals surface area contributed by atoms with Crippen molar-refractivity contribution in [2.24, 2.45) is 7.05 Å². The molecule has 4 nitrogen and oxygen atoms in total. The van der Waals surface area contributed by atoms with E-state index < -0.39 is 0 Å². The molecular formula is C9H14N2O2. The van der Waals surface area contributed by atoms with E-state index in [4.69, 9.17) is 0 Å². The van der Waals surface area contributed by atoms with E-state index in [1.165, 1.54) is 13.2 Å². The van der Waals surface area contributed by atoms with E-state index in [1.807, 2.05) is 20.8 Å². The van der Waals surface area contributed by atoms with Gasteiger partial charge in [0.1, 0.15) is 0 Å². The van der Waals surface area contributed by atoms with Crippen molar-refractivity contribution in [1.29, 1.82) is 0 Å². The van der Waals surface area contributed by atoms with Gasteiger partial charge in [0.2, 0.25) is 0 Å². The maximum Gasteiger partial charge on any atom is 0.328 e. The predicted octanol–water partition coefficient (Wildman–Crippen LogP) is 0.371. The fraction of sp³-hybridized carbons (Fsp3) is 0.556.